The summed E-state index contributed by atoms with van der Waals surface area (Å²) in [6.45, 7) is 4.95. The van der Waals surface area contributed by atoms with Gasteiger partial charge in [0.2, 0.25) is 5.78 Å². The topological polar surface area (TPSA) is 52.2 Å². The van der Waals surface area contributed by atoms with Crippen LogP contribution in [0.2, 0.25) is 5.02 Å². The van der Waals surface area contributed by atoms with Gasteiger partial charge in [-0.05, 0) is 35.4 Å². The Bertz CT molecular complexity index is 1160. The standard InChI is InChI=1S/C19H19ClN4OS2/c1-12(2)7-9-23-17(25)16-15(8-10-26-16)24-18(23)21-22-19(24)27-11-13-5-3-4-6-14(13)20/h3-6,8,10,12H,7,9,11H2,1-2H3. The highest BCUT2D eigenvalue weighted by Gasteiger charge is 2.18. The summed E-state index contributed by atoms with van der Waals surface area (Å²) < 4.78 is 4.49. The highest BCUT2D eigenvalue weighted by Crippen LogP contribution is 2.28. The summed E-state index contributed by atoms with van der Waals surface area (Å²) in [5, 5.41) is 12.2. The highest BCUT2D eigenvalue weighted by molar-refractivity contribution is 7.98. The quantitative estimate of drug-likeness (QED) is 0.409. The van der Waals surface area contributed by atoms with Crippen LogP contribution in [0, 0.1) is 5.92 Å². The van der Waals surface area contributed by atoms with E-state index >= 15 is 0 Å². The lowest BCUT2D eigenvalue weighted by atomic mass is 10.1. The molecule has 0 amide bonds. The second kappa shape index (κ2) is 7.66. The molecule has 140 valence electrons. The smallest absolute Gasteiger partial charge is 0.272 e. The van der Waals surface area contributed by atoms with Crippen molar-refractivity contribution in [3.05, 3.63) is 56.7 Å². The van der Waals surface area contributed by atoms with Crippen molar-refractivity contribution in [1.82, 2.24) is 19.2 Å². The zero-order valence-corrected chi connectivity index (χ0v) is 17.4. The minimum absolute atomic E-state index is 0.0169. The largest absolute Gasteiger partial charge is 0.276 e. The lowest BCUT2D eigenvalue weighted by Gasteiger charge is -2.10. The summed E-state index contributed by atoms with van der Waals surface area (Å²) in [4.78, 5) is 12.9. The molecule has 0 bridgehead atoms. The molecule has 8 heteroatoms. The maximum Gasteiger partial charge on any atom is 0.272 e. The molecule has 0 fully saturated rings. The first kappa shape index (κ1) is 18.5. The van der Waals surface area contributed by atoms with E-state index in [1.54, 1.807) is 16.3 Å². The number of halogens is 1. The van der Waals surface area contributed by atoms with Crippen LogP contribution in [0.15, 0.2) is 45.7 Å². The molecule has 4 rings (SSSR count). The monoisotopic (exact) mass is 418 g/mol. The van der Waals surface area contributed by atoms with Gasteiger partial charge < -0.3 is 0 Å². The van der Waals surface area contributed by atoms with Gasteiger partial charge in [0.05, 0.1) is 5.52 Å². The first-order valence-corrected chi connectivity index (χ1v) is 11.0. The van der Waals surface area contributed by atoms with E-state index in [9.17, 15) is 4.79 Å². The number of thiophene rings is 1. The Balaban J connectivity index is 1.79. The molecule has 0 radical (unpaired) electrons. The van der Waals surface area contributed by atoms with Crippen LogP contribution in [-0.4, -0.2) is 19.2 Å². The average Bonchev–Trinajstić information content (AvgIpc) is 3.27. The van der Waals surface area contributed by atoms with Gasteiger partial charge in [0, 0.05) is 17.3 Å². The molecular weight excluding hydrogens is 400 g/mol. The first-order valence-electron chi connectivity index (χ1n) is 8.77. The van der Waals surface area contributed by atoms with E-state index in [0.29, 0.717) is 24.0 Å². The van der Waals surface area contributed by atoms with Gasteiger partial charge in [0.1, 0.15) is 4.70 Å². The van der Waals surface area contributed by atoms with E-state index in [1.165, 1.54) is 11.3 Å². The molecule has 0 saturated heterocycles. The van der Waals surface area contributed by atoms with Gasteiger partial charge in [-0.1, -0.05) is 55.4 Å². The molecule has 0 spiro atoms. The van der Waals surface area contributed by atoms with Crippen LogP contribution in [0.3, 0.4) is 0 Å². The Labute approximate surface area is 170 Å². The summed E-state index contributed by atoms with van der Waals surface area (Å²) in [6.07, 6.45) is 0.918. The second-order valence-electron chi connectivity index (χ2n) is 6.77. The van der Waals surface area contributed by atoms with Crippen molar-refractivity contribution in [2.24, 2.45) is 5.92 Å². The van der Waals surface area contributed by atoms with E-state index in [2.05, 4.69) is 24.0 Å². The van der Waals surface area contributed by atoms with Gasteiger partial charge in [0.25, 0.3) is 5.56 Å². The Morgan fingerprint density at radius 3 is 2.81 bits per heavy atom. The van der Waals surface area contributed by atoms with Crippen LogP contribution in [-0.2, 0) is 12.3 Å². The minimum atomic E-state index is 0.0169. The molecule has 4 aromatic rings. The zero-order chi connectivity index (χ0) is 19.0. The van der Waals surface area contributed by atoms with Crippen LogP contribution >= 0.6 is 34.7 Å². The normalized spacial score (nSPS) is 11.9. The van der Waals surface area contributed by atoms with E-state index in [4.69, 9.17) is 11.6 Å². The third kappa shape index (κ3) is 3.51. The summed E-state index contributed by atoms with van der Waals surface area (Å²) in [6, 6.07) is 9.76. The number of rotatable bonds is 6. The predicted octanol–water partition coefficient (Wildman–Crippen LogP) is 5.10. The summed E-state index contributed by atoms with van der Waals surface area (Å²) in [5.41, 5.74) is 1.94. The van der Waals surface area contributed by atoms with Crippen LogP contribution in [0.5, 0.6) is 0 Å². The fourth-order valence-electron chi connectivity index (χ4n) is 2.94. The number of hydrogen-bond donors (Lipinski definition) is 0. The van der Waals surface area contributed by atoms with Crippen LogP contribution in [0.1, 0.15) is 25.8 Å². The number of nitrogens with zero attached hydrogens (tertiary/aromatic N) is 4. The van der Waals surface area contributed by atoms with Crippen molar-refractivity contribution in [2.75, 3.05) is 0 Å². The van der Waals surface area contributed by atoms with Gasteiger partial charge in [-0.25, -0.2) is 0 Å². The number of aromatic nitrogens is 4. The molecular formula is C19H19ClN4OS2. The maximum atomic E-state index is 12.9. The molecule has 5 nitrogen and oxygen atoms in total. The molecule has 3 aromatic heterocycles. The Morgan fingerprint density at radius 2 is 2.04 bits per heavy atom. The SMILES string of the molecule is CC(C)CCn1c(=O)c2sccc2n2c(SCc3ccccc3Cl)nnc12. The van der Waals surface area contributed by atoms with Gasteiger partial charge in [-0.2, -0.15) is 0 Å². The fourth-order valence-corrected chi connectivity index (χ4v) is 4.99. The van der Waals surface area contributed by atoms with Crippen molar-refractivity contribution in [2.45, 2.75) is 37.7 Å². The Hall–Kier alpha value is -1.83. The molecule has 27 heavy (non-hydrogen) atoms. The molecule has 0 aliphatic heterocycles. The summed E-state index contributed by atoms with van der Waals surface area (Å²) in [5.74, 6) is 1.80. The van der Waals surface area contributed by atoms with Crippen LogP contribution in [0.25, 0.3) is 16.0 Å². The lowest BCUT2D eigenvalue weighted by molar-refractivity contribution is 0.512. The zero-order valence-electron chi connectivity index (χ0n) is 15.1. The Kier molecular flexibility index (Phi) is 5.25. The molecule has 0 saturated carbocycles. The molecule has 1 aromatic carbocycles. The van der Waals surface area contributed by atoms with E-state index in [0.717, 1.165) is 32.4 Å². The van der Waals surface area contributed by atoms with Crippen molar-refractivity contribution in [3.63, 3.8) is 0 Å². The predicted molar refractivity (Wildman–Crippen MR) is 113 cm³/mol. The fraction of sp³-hybridized carbons (Fsp3) is 0.316. The van der Waals surface area contributed by atoms with Gasteiger partial charge in [0.15, 0.2) is 5.16 Å². The number of benzene rings is 1. The van der Waals surface area contributed by atoms with E-state index < -0.39 is 0 Å². The molecule has 0 aliphatic carbocycles. The third-order valence-corrected chi connectivity index (χ3v) is 6.67. The number of hydrogen-bond acceptors (Lipinski definition) is 5. The third-order valence-electron chi connectivity index (χ3n) is 4.43. The van der Waals surface area contributed by atoms with Crippen molar-refractivity contribution < 1.29 is 0 Å². The van der Waals surface area contributed by atoms with Crippen molar-refractivity contribution in [3.8, 4) is 0 Å². The lowest BCUT2D eigenvalue weighted by Crippen LogP contribution is -2.23. The van der Waals surface area contributed by atoms with Gasteiger partial charge >= 0.3 is 0 Å². The second-order valence-corrected chi connectivity index (χ2v) is 9.04. The van der Waals surface area contributed by atoms with Gasteiger partial charge in [-0.15, -0.1) is 21.5 Å². The van der Waals surface area contributed by atoms with Crippen molar-refractivity contribution in [1.29, 1.82) is 0 Å². The molecule has 0 N–H and O–H groups in total. The molecule has 0 atom stereocenters. The van der Waals surface area contributed by atoms with E-state index in [1.807, 2.05) is 40.1 Å². The molecule has 0 aliphatic rings. The molecule has 3 heterocycles. The minimum Gasteiger partial charge on any atom is -0.276 e. The molecule has 0 unspecified atom stereocenters. The number of fused-ring (bicyclic) bond motifs is 3. The first-order chi connectivity index (χ1) is 13.1. The highest BCUT2D eigenvalue weighted by atomic mass is 35.5. The van der Waals surface area contributed by atoms with Gasteiger partial charge in [-0.3, -0.25) is 13.8 Å². The maximum absolute atomic E-state index is 12.9. The van der Waals surface area contributed by atoms with E-state index in [-0.39, 0.29) is 5.56 Å². The van der Waals surface area contributed by atoms with Crippen LogP contribution in [0.4, 0.5) is 0 Å². The Morgan fingerprint density at radius 1 is 1.22 bits per heavy atom. The number of aryl methyl sites for hydroxylation is 1. The summed E-state index contributed by atoms with van der Waals surface area (Å²) >= 11 is 9.32. The van der Waals surface area contributed by atoms with Crippen molar-refractivity contribution >= 4 is 50.7 Å². The number of thioether (sulfide) groups is 1. The van der Waals surface area contributed by atoms with Crippen LogP contribution < -0.4 is 5.56 Å². The average molecular weight is 419 g/mol. The summed E-state index contributed by atoms with van der Waals surface area (Å²) in [7, 11) is 0.